The Labute approximate surface area is 181 Å². The van der Waals surface area contributed by atoms with Crippen molar-refractivity contribution in [3.63, 3.8) is 0 Å². The molecule has 0 saturated heterocycles. The molecule has 0 bridgehead atoms. The molecule has 1 unspecified atom stereocenters. The van der Waals surface area contributed by atoms with Crippen molar-refractivity contribution in [2.24, 2.45) is 0 Å². The van der Waals surface area contributed by atoms with Crippen molar-refractivity contribution in [3.8, 4) is 5.75 Å². The van der Waals surface area contributed by atoms with Crippen LogP contribution in [0.1, 0.15) is 47.1 Å². The lowest BCUT2D eigenvalue weighted by atomic mass is 9.99. The number of nitrogens with one attached hydrogen (secondary N) is 1. The molecular weight excluding hydrogens is 438 g/mol. The van der Waals surface area contributed by atoms with Gasteiger partial charge in [-0.2, -0.15) is 0 Å². The van der Waals surface area contributed by atoms with Crippen molar-refractivity contribution < 1.29 is 23.8 Å². The third kappa shape index (κ3) is 7.38. The molecule has 1 amide bonds. The zero-order valence-electron chi connectivity index (χ0n) is 17.9. The Morgan fingerprint density at radius 3 is 2.10 bits per heavy atom. The maximum atomic E-state index is 12.6. The summed E-state index contributed by atoms with van der Waals surface area (Å²) in [5.74, 6) is 0.323. The first-order valence-electron chi connectivity index (χ1n) is 9.59. The van der Waals surface area contributed by atoms with E-state index in [1.807, 2.05) is 45.0 Å². The summed E-state index contributed by atoms with van der Waals surface area (Å²) in [5.41, 5.74) is -0.796. The molecule has 1 N–H and O–H groups in total. The third-order valence-corrected chi connectivity index (χ3v) is 4.21. The summed E-state index contributed by atoms with van der Waals surface area (Å²) in [4.78, 5) is 24.9. The minimum absolute atomic E-state index is 0.416. The van der Waals surface area contributed by atoms with E-state index in [0.29, 0.717) is 18.6 Å². The van der Waals surface area contributed by atoms with Gasteiger partial charge in [0, 0.05) is 11.8 Å². The average molecular weight is 468 g/mol. The van der Waals surface area contributed by atoms with E-state index in [1.165, 1.54) is 0 Å². The molecule has 1 aromatic carbocycles. The average Bonchev–Trinajstić information content (AvgIpc) is 3.24. The highest BCUT2D eigenvalue weighted by molar-refractivity contribution is 9.09. The molecule has 0 fully saturated rings. The highest BCUT2D eigenvalue weighted by atomic mass is 79.9. The number of amides is 1. The lowest BCUT2D eigenvalue weighted by Crippen LogP contribution is -2.45. The molecule has 7 heteroatoms. The van der Waals surface area contributed by atoms with Gasteiger partial charge in [0.1, 0.15) is 17.0 Å². The van der Waals surface area contributed by atoms with Crippen LogP contribution in [0.15, 0.2) is 35.9 Å². The quantitative estimate of drug-likeness (QED) is 0.470. The minimum atomic E-state index is -0.914. The summed E-state index contributed by atoms with van der Waals surface area (Å²) in [5, 5.41) is 3.60. The molecule has 0 heterocycles. The van der Waals surface area contributed by atoms with E-state index in [0.717, 1.165) is 16.6 Å². The van der Waals surface area contributed by atoms with Crippen LogP contribution in [0.2, 0.25) is 0 Å². The molecule has 0 radical (unpaired) electrons. The fraction of sp³-hybridized carbons (Fsp3) is 0.545. The first-order chi connectivity index (χ1) is 13.3. The number of halogens is 1. The zero-order chi connectivity index (χ0) is 21.9. The molecule has 1 aliphatic carbocycles. The summed E-state index contributed by atoms with van der Waals surface area (Å²) in [7, 11) is 0. The number of esters is 1. The smallest absolute Gasteiger partial charge is 0.408 e. The molecule has 1 atom stereocenters. The van der Waals surface area contributed by atoms with Crippen molar-refractivity contribution in [2.45, 2.75) is 64.7 Å². The Morgan fingerprint density at radius 1 is 1.00 bits per heavy atom. The minimum Gasteiger partial charge on any atom is -0.493 e. The largest absolute Gasteiger partial charge is 0.493 e. The van der Waals surface area contributed by atoms with Crippen LogP contribution in [0, 0.1) is 0 Å². The van der Waals surface area contributed by atoms with Crippen LogP contribution in [-0.2, 0) is 20.7 Å². The predicted molar refractivity (Wildman–Crippen MR) is 115 cm³/mol. The van der Waals surface area contributed by atoms with E-state index in [1.54, 1.807) is 26.8 Å². The highest BCUT2D eigenvalue weighted by Crippen LogP contribution is 2.40. The van der Waals surface area contributed by atoms with Gasteiger partial charge in [-0.05, 0) is 65.3 Å². The summed E-state index contributed by atoms with van der Waals surface area (Å²) in [6.07, 6.45) is 1.56. The van der Waals surface area contributed by atoms with Gasteiger partial charge in [0.2, 0.25) is 0 Å². The molecule has 6 nitrogen and oxygen atoms in total. The van der Waals surface area contributed by atoms with Gasteiger partial charge in [0.25, 0.3) is 0 Å². The second kappa shape index (κ2) is 8.78. The number of hydrogen-bond acceptors (Lipinski definition) is 5. The fourth-order valence-corrected chi connectivity index (χ4v) is 2.91. The number of ether oxygens (including phenoxy) is 3. The number of alkyl carbamates (subject to hydrolysis) is 1. The SMILES string of the molecule is CC(C)(C)OC(=O)NC1(Cc2ccc(OCCBr)cc2)C=C1C(=O)OC(C)(C)C. The van der Waals surface area contributed by atoms with Crippen LogP contribution >= 0.6 is 15.9 Å². The zero-order valence-corrected chi connectivity index (χ0v) is 19.5. The second-order valence-corrected chi connectivity index (χ2v) is 9.81. The van der Waals surface area contributed by atoms with Crippen LogP contribution in [-0.4, -0.2) is 40.7 Å². The van der Waals surface area contributed by atoms with E-state index in [-0.39, 0.29) is 0 Å². The van der Waals surface area contributed by atoms with Crippen molar-refractivity contribution in [2.75, 3.05) is 11.9 Å². The van der Waals surface area contributed by atoms with Gasteiger partial charge in [-0.1, -0.05) is 28.1 Å². The van der Waals surface area contributed by atoms with Crippen LogP contribution in [0.25, 0.3) is 0 Å². The molecular formula is C22H30BrNO5. The van der Waals surface area contributed by atoms with Crippen LogP contribution < -0.4 is 10.1 Å². The maximum absolute atomic E-state index is 12.6. The van der Waals surface area contributed by atoms with E-state index in [4.69, 9.17) is 14.2 Å². The van der Waals surface area contributed by atoms with Gasteiger partial charge in [-0.15, -0.1) is 0 Å². The summed E-state index contributed by atoms with van der Waals surface area (Å²) < 4.78 is 16.4. The van der Waals surface area contributed by atoms with E-state index < -0.39 is 28.8 Å². The van der Waals surface area contributed by atoms with Gasteiger partial charge >= 0.3 is 12.1 Å². The number of benzene rings is 1. The Bertz CT molecular complexity index is 774. The third-order valence-electron chi connectivity index (χ3n) is 3.88. The molecule has 0 spiro atoms. The molecule has 2 rings (SSSR count). The number of rotatable bonds is 7. The number of hydrogen-bond donors (Lipinski definition) is 1. The number of alkyl halides is 1. The molecule has 0 aliphatic heterocycles. The Morgan fingerprint density at radius 2 is 1.59 bits per heavy atom. The first kappa shape index (κ1) is 23.3. The summed E-state index contributed by atoms with van der Waals surface area (Å²) >= 11 is 3.33. The Balaban J connectivity index is 2.14. The van der Waals surface area contributed by atoms with Crippen molar-refractivity contribution >= 4 is 28.0 Å². The van der Waals surface area contributed by atoms with Crippen LogP contribution in [0.3, 0.4) is 0 Å². The van der Waals surface area contributed by atoms with Crippen molar-refractivity contribution in [1.29, 1.82) is 0 Å². The normalized spacial score (nSPS) is 18.5. The van der Waals surface area contributed by atoms with Crippen molar-refractivity contribution in [3.05, 3.63) is 41.5 Å². The predicted octanol–water partition coefficient (Wildman–Crippen LogP) is 4.55. The van der Waals surface area contributed by atoms with E-state index in [2.05, 4.69) is 21.2 Å². The topological polar surface area (TPSA) is 73.9 Å². The summed E-state index contributed by atoms with van der Waals surface area (Å²) in [6, 6.07) is 7.57. The second-order valence-electron chi connectivity index (χ2n) is 9.02. The van der Waals surface area contributed by atoms with Crippen molar-refractivity contribution in [1.82, 2.24) is 5.32 Å². The van der Waals surface area contributed by atoms with Gasteiger partial charge in [0.15, 0.2) is 0 Å². The fourth-order valence-electron chi connectivity index (χ4n) is 2.75. The molecule has 160 valence electrons. The van der Waals surface area contributed by atoms with Crippen LogP contribution in [0.5, 0.6) is 5.75 Å². The number of carbonyl (C=O) groups is 2. The van der Waals surface area contributed by atoms with Gasteiger partial charge in [-0.25, -0.2) is 9.59 Å². The van der Waals surface area contributed by atoms with E-state index in [9.17, 15) is 9.59 Å². The lowest BCUT2D eigenvalue weighted by Gasteiger charge is -2.26. The standard InChI is InChI=1S/C22H30BrNO5/c1-20(2,3)28-18(25)17-14-22(17,24-19(26)29-21(4,5)6)13-15-7-9-16(10-8-15)27-12-11-23/h7-10,14H,11-13H2,1-6H3,(H,24,26). The molecule has 1 aromatic rings. The highest BCUT2D eigenvalue weighted by Gasteiger charge is 2.51. The monoisotopic (exact) mass is 467 g/mol. The molecule has 0 aromatic heterocycles. The molecule has 29 heavy (non-hydrogen) atoms. The van der Waals surface area contributed by atoms with E-state index >= 15 is 0 Å². The van der Waals surface area contributed by atoms with Gasteiger partial charge in [0.05, 0.1) is 17.7 Å². The Hall–Kier alpha value is -2.02. The maximum Gasteiger partial charge on any atom is 0.408 e. The van der Waals surface area contributed by atoms with Gasteiger partial charge in [-0.3, -0.25) is 0 Å². The molecule has 0 saturated carbocycles. The molecule has 1 aliphatic rings. The Kier molecular flexibility index (Phi) is 7.04. The van der Waals surface area contributed by atoms with Gasteiger partial charge < -0.3 is 19.5 Å². The number of carbonyl (C=O) groups excluding carboxylic acids is 2. The first-order valence-corrected chi connectivity index (χ1v) is 10.7. The lowest BCUT2D eigenvalue weighted by molar-refractivity contribution is -0.149. The van der Waals surface area contributed by atoms with Crippen LogP contribution in [0.4, 0.5) is 4.79 Å². The summed E-state index contributed by atoms with van der Waals surface area (Å²) in [6.45, 7) is 11.4.